The van der Waals surface area contributed by atoms with E-state index >= 15 is 0 Å². The number of rotatable bonds is 6. The van der Waals surface area contributed by atoms with Crippen molar-refractivity contribution in [3.05, 3.63) is 59.7 Å². The van der Waals surface area contributed by atoms with Crippen LogP contribution in [0.2, 0.25) is 0 Å². The summed E-state index contributed by atoms with van der Waals surface area (Å²) >= 11 is 0. The van der Waals surface area contributed by atoms with Crippen molar-refractivity contribution in [3.8, 4) is 11.8 Å². The molecule has 2 aromatic rings. The van der Waals surface area contributed by atoms with Crippen molar-refractivity contribution in [2.24, 2.45) is 0 Å². The Hall–Kier alpha value is -2.88. The highest BCUT2D eigenvalue weighted by Gasteiger charge is 2.25. The molecule has 0 bridgehead atoms. The lowest BCUT2D eigenvalue weighted by molar-refractivity contribution is -1.02. The number of hydrogen-bond acceptors (Lipinski definition) is 3. The van der Waals surface area contributed by atoms with E-state index in [2.05, 4.69) is 23.5 Å². The average Bonchev–Trinajstić information content (AvgIpc) is 2.70. The van der Waals surface area contributed by atoms with Gasteiger partial charge in [0, 0.05) is 5.56 Å². The fraction of sp³-hybridized carbons (Fsp3) is 0.333. The Labute approximate surface area is 160 Å². The third kappa shape index (κ3) is 5.30. The minimum absolute atomic E-state index is 0.0358. The average molecular weight is 366 g/mol. The number of methoxy groups -OCH3 is 1. The second-order valence-corrected chi connectivity index (χ2v) is 6.91. The van der Waals surface area contributed by atoms with Crippen LogP contribution in [0, 0.1) is 11.3 Å². The van der Waals surface area contributed by atoms with E-state index in [9.17, 15) is 4.79 Å². The van der Waals surface area contributed by atoms with E-state index in [1.165, 1.54) is 10.5 Å². The lowest BCUT2D eigenvalue weighted by Gasteiger charge is -2.29. The molecule has 3 N–H and O–H groups in total. The first-order chi connectivity index (χ1) is 13.2. The van der Waals surface area contributed by atoms with Gasteiger partial charge in [0.25, 0.3) is 5.91 Å². The van der Waals surface area contributed by atoms with Crippen molar-refractivity contribution < 1.29 is 19.3 Å². The molecular formula is C21H26N4O2+2. The molecule has 6 heteroatoms. The molecule has 1 aliphatic heterocycles. The number of piperazine rings is 1. The number of para-hydroxylation sites is 1. The Kier molecular flexibility index (Phi) is 6.42. The van der Waals surface area contributed by atoms with Gasteiger partial charge in [-0.05, 0) is 36.4 Å². The second-order valence-electron chi connectivity index (χ2n) is 6.91. The normalized spacial score (nSPS) is 19.1. The standard InChI is InChI=1S/C21H24N4O2/c1-27-19-8-6-17(7-9-19)15-24-10-12-25(13-11-24)16-21(26)23-20-5-3-2-4-18(20)14-22/h2-9H,10-13,15-16H2,1H3,(H,23,26)/p+2. The molecular weight excluding hydrogens is 340 g/mol. The van der Waals surface area contributed by atoms with E-state index in [-0.39, 0.29) is 5.91 Å². The SMILES string of the molecule is COc1ccc(C[NH+]2CC[NH+](CC(=O)Nc3ccccc3C#N)CC2)cc1. The number of nitriles is 1. The van der Waals surface area contributed by atoms with E-state index in [1.807, 2.05) is 18.2 Å². The number of quaternary nitrogens is 2. The van der Waals surface area contributed by atoms with Crippen LogP contribution in [-0.2, 0) is 11.3 Å². The first kappa shape index (κ1) is 18.9. The summed E-state index contributed by atoms with van der Waals surface area (Å²) in [5.74, 6) is 0.846. The number of carbonyl (C=O) groups is 1. The van der Waals surface area contributed by atoms with Crippen molar-refractivity contribution in [2.75, 3.05) is 45.2 Å². The van der Waals surface area contributed by atoms with Gasteiger partial charge in [-0.2, -0.15) is 5.26 Å². The lowest BCUT2D eigenvalue weighted by Crippen LogP contribution is -3.28. The zero-order chi connectivity index (χ0) is 19.1. The molecule has 2 aromatic carbocycles. The number of nitrogens with zero attached hydrogens (tertiary/aromatic N) is 1. The van der Waals surface area contributed by atoms with Crippen LogP contribution in [0.3, 0.4) is 0 Å². The number of ether oxygens (including phenoxy) is 1. The van der Waals surface area contributed by atoms with Gasteiger partial charge >= 0.3 is 0 Å². The van der Waals surface area contributed by atoms with E-state index in [0.717, 1.165) is 38.5 Å². The maximum Gasteiger partial charge on any atom is 0.279 e. The number of carbonyl (C=O) groups excluding carboxylic acids is 1. The predicted octanol–water partition coefficient (Wildman–Crippen LogP) is -0.511. The zero-order valence-electron chi connectivity index (χ0n) is 15.6. The van der Waals surface area contributed by atoms with Crippen molar-refractivity contribution >= 4 is 11.6 Å². The molecule has 0 atom stereocenters. The summed E-state index contributed by atoms with van der Waals surface area (Å²) < 4.78 is 5.20. The molecule has 0 radical (unpaired) electrons. The van der Waals surface area contributed by atoms with Crippen molar-refractivity contribution in [1.29, 1.82) is 5.26 Å². The number of nitrogens with one attached hydrogen (secondary N) is 3. The minimum atomic E-state index is -0.0358. The number of hydrogen-bond donors (Lipinski definition) is 3. The van der Waals surface area contributed by atoms with Crippen LogP contribution in [0.1, 0.15) is 11.1 Å². The molecule has 1 saturated heterocycles. The van der Waals surface area contributed by atoms with Crippen LogP contribution in [-0.4, -0.2) is 45.7 Å². The first-order valence-corrected chi connectivity index (χ1v) is 9.27. The van der Waals surface area contributed by atoms with Crippen LogP contribution < -0.4 is 19.9 Å². The van der Waals surface area contributed by atoms with Gasteiger partial charge in [-0.25, -0.2) is 0 Å². The summed E-state index contributed by atoms with van der Waals surface area (Å²) in [6, 6.07) is 17.4. The van der Waals surface area contributed by atoms with Crippen molar-refractivity contribution in [2.45, 2.75) is 6.54 Å². The summed E-state index contributed by atoms with van der Waals surface area (Å²) in [7, 11) is 1.68. The van der Waals surface area contributed by atoms with Gasteiger partial charge in [0.1, 0.15) is 44.5 Å². The Morgan fingerprint density at radius 3 is 2.41 bits per heavy atom. The van der Waals surface area contributed by atoms with E-state index in [1.54, 1.807) is 30.2 Å². The fourth-order valence-corrected chi connectivity index (χ4v) is 3.45. The van der Waals surface area contributed by atoms with Gasteiger partial charge in [0.05, 0.1) is 18.4 Å². The molecule has 140 valence electrons. The van der Waals surface area contributed by atoms with Gasteiger partial charge in [-0.1, -0.05) is 12.1 Å². The molecule has 3 rings (SSSR count). The first-order valence-electron chi connectivity index (χ1n) is 9.27. The fourth-order valence-electron chi connectivity index (χ4n) is 3.45. The largest absolute Gasteiger partial charge is 0.497 e. The molecule has 0 aromatic heterocycles. The summed E-state index contributed by atoms with van der Waals surface area (Å²) in [6.45, 7) is 5.47. The predicted molar refractivity (Wildman–Crippen MR) is 103 cm³/mol. The molecule has 0 unspecified atom stereocenters. The third-order valence-electron chi connectivity index (χ3n) is 5.01. The summed E-state index contributed by atoms with van der Waals surface area (Å²) in [5.41, 5.74) is 2.39. The van der Waals surface area contributed by atoms with Crippen molar-refractivity contribution in [3.63, 3.8) is 0 Å². The molecule has 0 aliphatic carbocycles. The van der Waals surface area contributed by atoms with Crippen LogP contribution in [0.5, 0.6) is 5.75 Å². The van der Waals surface area contributed by atoms with Crippen LogP contribution in [0.15, 0.2) is 48.5 Å². The maximum atomic E-state index is 12.3. The summed E-state index contributed by atoms with van der Waals surface area (Å²) in [4.78, 5) is 15.2. The highest BCUT2D eigenvalue weighted by atomic mass is 16.5. The topological polar surface area (TPSA) is 71.0 Å². The van der Waals surface area contributed by atoms with E-state index in [0.29, 0.717) is 17.8 Å². The van der Waals surface area contributed by atoms with Crippen LogP contribution in [0.4, 0.5) is 5.69 Å². The number of benzene rings is 2. The maximum absolute atomic E-state index is 12.3. The van der Waals surface area contributed by atoms with Gasteiger partial charge in [0.15, 0.2) is 6.54 Å². The summed E-state index contributed by atoms with van der Waals surface area (Å²) in [5, 5.41) is 12.0. The number of amides is 1. The Morgan fingerprint density at radius 2 is 1.74 bits per heavy atom. The Balaban J connectivity index is 1.45. The Morgan fingerprint density at radius 1 is 1.07 bits per heavy atom. The van der Waals surface area contributed by atoms with Gasteiger partial charge in [0.2, 0.25) is 0 Å². The van der Waals surface area contributed by atoms with E-state index in [4.69, 9.17) is 10.00 Å². The molecule has 0 spiro atoms. The minimum Gasteiger partial charge on any atom is -0.497 e. The van der Waals surface area contributed by atoms with Gasteiger partial charge < -0.3 is 19.9 Å². The zero-order valence-corrected chi connectivity index (χ0v) is 15.6. The monoisotopic (exact) mass is 366 g/mol. The van der Waals surface area contributed by atoms with Gasteiger partial charge in [-0.15, -0.1) is 0 Å². The third-order valence-corrected chi connectivity index (χ3v) is 5.01. The Bertz CT molecular complexity index is 806. The number of anilines is 1. The molecule has 6 nitrogen and oxygen atoms in total. The highest BCUT2D eigenvalue weighted by Crippen LogP contribution is 2.13. The lowest BCUT2D eigenvalue weighted by atomic mass is 10.2. The summed E-state index contributed by atoms with van der Waals surface area (Å²) in [6.07, 6.45) is 0. The highest BCUT2D eigenvalue weighted by molar-refractivity contribution is 5.92. The molecule has 1 heterocycles. The molecule has 27 heavy (non-hydrogen) atoms. The van der Waals surface area contributed by atoms with Crippen LogP contribution in [0.25, 0.3) is 0 Å². The molecule has 1 aliphatic rings. The smallest absolute Gasteiger partial charge is 0.279 e. The molecule has 0 saturated carbocycles. The molecule has 1 fully saturated rings. The van der Waals surface area contributed by atoms with Crippen molar-refractivity contribution in [1.82, 2.24) is 0 Å². The quantitative estimate of drug-likeness (QED) is 0.645. The van der Waals surface area contributed by atoms with Gasteiger partial charge in [-0.3, -0.25) is 4.79 Å². The second kappa shape index (κ2) is 9.17. The molecule has 1 amide bonds. The van der Waals surface area contributed by atoms with Crippen LogP contribution >= 0.6 is 0 Å². The van der Waals surface area contributed by atoms with E-state index < -0.39 is 0 Å².